The summed E-state index contributed by atoms with van der Waals surface area (Å²) in [5.41, 5.74) is 3.00. The molecule has 2 aromatic carbocycles. The molecule has 0 aromatic heterocycles. The van der Waals surface area contributed by atoms with Crippen molar-refractivity contribution in [2.45, 2.75) is 13.1 Å². The Balaban J connectivity index is 2.02. The van der Waals surface area contributed by atoms with Gasteiger partial charge in [-0.05, 0) is 36.3 Å². The van der Waals surface area contributed by atoms with E-state index >= 15 is 0 Å². The quantitative estimate of drug-likeness (QED) is 0.649. The molecule has 124 valence electrons. The van der Waals surface area contributed by atoms with Crippen LogP contribution in [-0.4, -0.2) is 12.1 Å². The van der Waals surface area contributed by atoms with E-state index in [2.05, 4.69) is 10.5 Å². The molecule has 2 rings (SSSR count). The predicted octanol–water partition coefficient (Wildman–Crippen LogP) is 4.52. The number of amides is 1. The number of halogens is 3. The first kappa shape index (κ1) is 17.5. The van der Waals surface area contributed by atoms with Crippen LogP contribution in [0, 0.1) is 0 Å². The third-order valence-electron chi connectivity index (χ3n) is 3.08. The molecule has 6 heteroatoms. The molecule has 0 aliphatic rings. The Morgan fingerprint density at radius 3 is 2.46 bits per heavy atom. The highest BCUT2D eigenvalue weighted by Gasteiger charge is 2.30. The summed E-state index contributed by atoms with van der Waals surface area (Å²) < 4.78 is 37.9. The topological polar surface area (TPSA) is 41.5 Å². The Hall–Kier alpha value is -2.89. The smallest absolute Gasteiger partial charge is 0.267 e. The predicted molar refractivity (Wildman–Crippen MR) is 87.5 cm³/mol. The van der Waals surface area contributed by atoms with Gasteiger partial charge < -0.3 is 0 Å². The molecular formula is C18H15F3N2O. The molecule has 0 radical (unpaired) electrons. The van der Waals surface area contributed by atoms with Gasteiger partial charge in [0.1, 0.15) is 0 Å². The van der Waals surface area contributed by atoms with E-state index < -0.39 is 17.6 Å². The molecular weight excluding hydrogens is 317 g/mol. The number of rotatable bonds is 4. The minimum Gasteiger partial charge on any atom is -0.267 e. The minimum atomic E-state index is -4.49. The number of benzene rings is 2. The number of hydrogen-bond donors (Lipinski definition) is 1. The highest BCUT2D eigenvalue weighted by Crippen LogP contribution is 2.29. The van der Waals surface area contributed by atoms with Crippen molar-refractivity contribution in [2.75, 3.05) is 0 Å². The molecule has 0 bridgehead atoms. The maximum Gasteiger partial charge on any atom is 0.416 e. The lowest BCUT2D eigenvalue weighted by Crippen LogP contribution is -2.18. The van der Waals surface area contributed by atoms with Crippen LogP contribution in [0.4, 0.5) is 13.2 Å². The molecule has 0 fully saturated rings. The number of allylic oxidation sites excluding steroid dienone is 1. The van der Waals surface area contributed by atoms with Gasteiger partial charge in [0, 0.05) is 5.56 Å². The fourth-order valence-electron chi connectivity index (χ4n) is 1.94. The highest BCUT2D eigenvalue weighted by atomic mass is 19.4. The Kier molecular flexibility index (Phi) is 5.52. The first-order valence-electron chi connectivity index (χ1n) is 7.10. The van der Waals surface area contributed by atoms with Gasteiger partial charge in [0.15, 0.2) is 0 Å². The number of nitrogens with zero attached hydrogens (tertiary/aromatic N) is 1. The summed E-state index contributed by atoms with van der Waals surface area (Å²) in [6.07, 6.45) is -1.20. The highest BCUT2D eigenvalue weighted by molar-refractivity contribution is 5.95. The second-order valence-corrected chi connectivity index (χ2v) is 5.08. The van der Waals surface area contributed by atoms with Gasteiger partial charge in [-0.25, -0.2) is 5.43 Å². The third-order valence-corrected chi connectivity index (χ3v) is 3.08. The summed E-state index contributed by atoms with van der Waals surface area (Å²) in [5.74, 6) is -0.704. The molecule has 0 saturated heterocycles. The van der Waals surface area contributed by atoms with Crippen LogP contribution in [0.5, 0.6) is 0 Å². The molecule has 0 spiro atoms. The molecule has 1 N–H and O–H groups in total. The first-order valence-corrected chi connectivity index (χ1v) is 7.10. The monoisotopic (exact) mass is 332 g/mol. The van der Waals surface area contributed by atoms with Gasteiger partial charge in [-0.3, -0.25) is 4.79 Å². The molecule has 0 atom stereocenters. The van der Waals surface area contributed by atoms with Gasteiger partial charge in [-0.1, -0.05) is 42.5 Å². The molecule has 0 heterocycles. The van der Waals surface area contributed by atoms with E-state index in [9.17, 15) is 18.0 Å². The normalized spacial score (nSPS) is 12.4. The van der Waals surface area contributed by atoms with E-state index in [4.69, 9.17) is 0 Å². The van der Waals surface area contributed by atoms with Crippen LogP contribution in [0.25, 0.3) is 6.08 Å². The van der Waals surface area contributed by atoms with Gasteiger partial charge in [-0.15, -0.1) is 0 Å². The molecule has 0 unspecified atom stereocenters. The van der Waals surface area contributed by atoms with Crippen molar-refractivity contribution in [3.8, 4) is 0 Å². The van der Waals surface area contributed by atoms with Crippen molar-refractivity contribution in [3.63, 3.8) is 0 Å². The van der Waals surface area contributed by atoms with E-state index in [1.807, 2.05) is 36.4 Å². The standard InChI is InChI=1S/C18H15F3N2O/c1-13(10-14-6-3-2-4-7-14)12-22-23-17(24)15-8-5-9-16(11-15)18(19,20)21/h2-12H,1H3,(H,23,24)/b13-10+,22-12?. The number of hydrogen-bond acceptors (Lipinski definition) is 2. The maximum absolute atomic E-state index is 12.6. The van der Waals surface area contributed by atoms with E-state index in [0.717, 1.165) is 23.3 Å². The van der Waals surface area contributed by atoms with Crippen LogP contribution in [-0.2, 0) is 6.18 Å². The lowest BCUT2D eigenvalue weighted by Gasteiger charge is -2.07. The molecule has 0 saturated carbocycles. The summed E-state index contributed by atoms with van der Waals surface area (Å²) in [4.78, 5) is 11.9. The second-order valence-electron chi connectivity index (χ2n) is 5.08. The van der Waals surface area contributed by atoms with Gasteiger partial charge in [0.25, 0.3) is 5.91 Å². The molecule has 3 nitrogen and oxygen atoms in total. The zero-order chi connectivity index (χ0) is 17.6. The van der Waals surface area contributed by atoms with Gasteiger partial charge >= 0.3 is 6.18 Å². The number of carbonyl (C=O) groups is 1. The second kappa shape index (κ2) is 7.59. The fraction of sp³-hybridized carbons (Fsp3) is 0.111. The van der Waals surface area contributed by atoms with Gasteiger partial charge in [-0.2, -0.15) is 18.3 Å². The Morgan fingerprint density at radius 1 is 1.08 bits per heavy atom. The molecule has 2 aromatic rings. The van der Waals surface area contributed by atoms with Crippen LogP contribution in [0.15, 0.2) is 65.3 Å². The first-order chi connectivity index (χ1) is 11.4. The number of nitrogens with one attached hydrogen (secondary N) is 1. The van der Waals surface area contributed by atoms with Crippen molar-refractivity contribution in [1.82, 2.24) is 5.43 Å². The van der Waals surface area contributed by atoms with Crippen LogP contribution >= 0.6 is 0 Å². The summed E-state index contributed by atoms with van der Waals surface area (Å²) in [5, 5.41) is 3.76. The van der Waals surface area contributed by atoms with Crippen molar-refractivity contribution in [3.05, 3.63) is 76.9 Å². The largest absolute Gasteiger partial charge is 0.416 e. The third kappa shape index (κ3) is 5.08. The molecule has 1 amide bonds. The fourth-order valence-corrected chi connectivity index (χ4v) is 1.94. The van der Waals surface area contributed by atoms with Crippen LogP contribution in [0.3, 0.4) is 0 Å². The molecule has 0 aliphatic heterocycles. The molecule has 0 aliphatic carbocycles. The van der Waals surface area contributed by atoms with Crippen LogP contribution in [0.1, 0.15) is 28.4 Å². The average Bonchev–Trinajstić information content (AvgIpc) is 2.55. The maximum atomic E-state index is 12.6. The van der Waals surface area contributed by atoms with Crippen molar-refractivity contribution in [1.29, 1.82) is 0 Å². The summed E-state index contributed by atoms with van der Waals surface area (Å²) >= 11 is 0. The van der Waals surface area contributed by atoms with E-state index in [-0.39, 0.29) is 5.56 Å². The minimum absolute atomic E-state index is 0.105. The zero-order valence-electron chi connectivity index (χ0n) is 12.8. The van der Waals surface area contributed by atoms with Crippen molar-refractivity contribution < 1.29 is 18.0 Å². The number of alkyl halides is 3. The van der Waals surface area contributed by atoms with Crippen molar-refractivity contribution in [2.24, 2.45) is 5.10 Å². The Labute approximate surface area is 137 Å². The Bertz CT molecular complexity index is 765. The average molecular weight is 332 g/mol. The molecule has 24 heavy (non-hydrogen) atoms. The number of hydrazone groups is 1. The van der Waals surface area contributed by atoms with E-state index in [1.54, 1.807) is 6.92 Å². The van der Waals surface area contributed by atoms with Crippen LogP contribution < -0.4 is 5.43 Å². The van der Waals surface area contributed by atoms with E-state index in [0.29, 0.717) is 0 Å². The summed E-state index contributed by atoms with van der Waals surface area (Å²) in [6.45, 7) is 1.80. The lowest BCUT2D eigenvalue weighted by atomic mass is 10.1. The zero-order valence-corrected chi connectivity index (χ0v) is 12.8. The van der Waals surface area contributed by atoms with Crippen LogP contribution in [0.2, 0.25) is 0 Å². The number of carbonyl (C=O) groups excluding carboxylic acids is 1. The van der Waals surface area contributed by atoms with Crippen molar-refractivity contribution >= 4 is 18.2 Å². The van der Waals surface area contributed by atoms with Gasteiger partial charge in [0.05, 0.1) is 11.8 Å². The Morgan fingerprint density at radius 2 is 1.79 bits per heavy atom. The van der Waals surface area contributed by atoms with Gasteiger partial charge in [0.2, 0.25) is 0 Å². The lowest BCUT2D eigenvalue weighted by molar-refractivity contribution is -0.137. The summed E-state index contributed by atoms with van der Waals surface area (Å²) in [6, 6.07) is 13.7. The SMILES string of the molecule is C/C(C=NNC(=O)c1cccc(C(F)(F)F)c1)=C\c1ccccc1. The summed E-state index contributed by atoms with van der Waals surface area (Å²) in [7, 11) is 0. The van der Waals surface area contributed by atoms with E-state index in [1.165, 1.54) is 18.3 Å².